The van der Waals surface area contributed by atoms with Crippen molar-refractivity contribution in [2.24, 2.45) is 4.99 Å². The molecule has 6 nitrogen and oxygen atoms in total. The summed E-state index contributed by atoms with van der Waals surface area (Å²) < 4.78 is 5.30. The van der Waals surface area contributed by atoms with E-state index < -0.39 is 0 Å². The van der Waals surface area contributed by atoms with Gasteiger partial charge in [0.1, 0.15) is 12.3 Å². The fourth-order valence-electron chi connectivity index (χ4n) is 1.81. The summed E-state index contributed by atoms with van der Waals surface area (Å²) in [6.07, 6.45) is 2.42. The fraction of sp³-hybridized carbons (Fsp3) is 0.375. The van der Waals surface area contributed by atoms with Gasteiger partial charge in [0.2, 0.25) is 5.91 Å². The third-order valence-electron chi connectivity index (χ3n) is 3.13. The third kappa shape index (κ3) is 7.35. The molecule has 132 valence electrons. The predicted molar refractivity (Wildman–Crippen MR) is 108 cm³/mol. The zero-order valence-electron chi connectivity index (χ0n) is 13.8. The first-order valence-corrected chi connectivity index (χ1v) is 8.30. The average molecular weight is 462 g/mol. The van der Waals surface area contributed by atoms with E-state index in [1.165, 1.54) is 9.78 Å². The van der Waals surface area contributed by atoms with Gasteiger partial charge in [0, 0.05) is 31.9 Å². The maximum atomic E-state index is 11.7. The molecule has 0 aliphatic heterocycles. The average Bonchev–Trinajstić information content (AvgIpc) is 3.22. The number of thiophene rings is 1. The highest BCUT2D eigenvalue weighted by molar-refractivity contribution is 14.0. The van der Waals surface area contributed by atoms with Crippen LogP contribution in [0.1, 0.15) is 10.6 Å². The van der Waals surface area contributed by atoms with E-state index in [2.05, 4.69) is 21.7 Å². The highest BCUT2D eigenvalue weighted by atomic mass is 127. The number of hydrogen-bond acceptors (Lipinski definition) is 4. The lowest BCUT2D eigenvalue weighted by Crippen LogP contribution is -2.39. The van der Waals surface area contributed by atoms with Crippen molar-refractivity contribution in [1.29, 1.82) is 0 Å². The number of guanidine groups is 1. The van der Waals surface area contributed by atoms with Gasteiger partial charge in [0.15, 0.2) is 5.96 Å². The van der Waals surface area contributed by atoms with Gasteiger partial charge in [-0.3, -0.25) is 4.79 Å². The maximum Gasteiger partial charge on any atom is 0.243 e. The molecular formula is C16H23IN4O2S. The third-order valence-corrected chi connectivity index (χ3v) is 4.00. The summed E-state index contributed by atoms with van der Waals surface area (Å²) >= 11 is 1.68. The van der Waals surface area contributed by atoms with Crippen molar-refractivity contribution in [2.45, 2.75) is 13.0 Å². The number of furan rings is 1. The van der Waals surface area contributed by atoms with Crippen LogP contribution < -0.4 is 10.6 Å². The van der Waals surface area contributed by atoms with Gasteiger partial charge < -0.3 is 20.0 Å². The lowest BCUT2D eigenvalue weighted by Gasteiger charge is -2.13. The second kappa shape index (κ2) is 11.1. The van der Waals surface area contributed by atoms with Crippen molar-refractivity contribution in [2.75, 3.05) is 27.2 Å². The van der Waals surface area contributed by atoms with Crippen LogP contribution in [0.25, 0.3) is 0 Å². The Labute approximate surface area is 163 Å². The summed E-state index contributed by atoms with van der Waals surface area (Å²) in [5.74, 6) is 1.51. The molecule has 2 N–H and O–H groups in total. The van der Waals surface area contributed by atoms with Crippen molar-refractivity contribution in [1.82, 2.24) is 15.5 Å². The van der Waals surface area contributed by atoms with Gasteiger partial charge in [-0.1, -0.05) is 6.07 Å². The minimum Gasteiger partial charge on any atom is -0.469 e. The Balaban J connectivity index is 0.00000288. The van der Waals surface area contributed by atoms with Crippen molar-refractivity contribution in [3.8, 4) is 0 Å². The quantitative estimate of drug-likeness (QED) is 0.377. The number of aliphatic imine (C=N–C) groups is 1. The number of nitrogens with zero attached hydrogens (tertiary/aromatic N) is 2. The molecule has 0 bridgehead atoms. The molecule has 0 saturated heterocycles. The summed E-state index contributed by atoms with van der Waals surface area (Å²) in [4.78, 5) is 18.8. The van der Waals surface area contributed by atoms with E-state index in [9.17, 15) is 4.79 Å². The number of amides is 1. The second-order valence-electron chi connectivity index (χ2n) is 5.14. The molecule has 0 fully saturated rings. The van der Waals surface area contributed by atoms with Crippen LogP contribution in [0.4, 0.5) is 0 Å². The Hall–Kier alpha value is -1.55. The van der Waals surface area contributed by atoms with Crippen molar-refractivity contribution in [3.05, 3.63) is 46.5 Å². The molecule has 1 amide bonds. The summed E-state index contributed by atoms with van der Waals surface area (Å²) in [5, 5.41) is 8.51. The summed E-state index contributed by atoms with van der Waals surface area (Å²) in [6.45, 7) is 1.48. The lowest BCUT2D eigenvalue weighted by atomic mass is 10.3. The number of carbonyl (C=O) groups excluding carboxylic acids is 1. The zero-order chi connectivity index (χ0) is 16.5. The largest absolute Gasteiger partial charge is 0.469 e. The Morgan fingerprint density at radius 3 is 2.75 bits per heavy atom. The minimum absolute atomic E-state index is 0. The Bertz CT molecular complexity index is 612. The van der Waals surface area contributed by atoms with E-state index in [-0.39, 0.29) is 36.4 Å². The molecule has 0 saturated carbocycles. The van der Waals surface area contributed by atoms with E-state index in [1.807, 2.05) is 23.6 Å². The summed E-state index contributed by atoms with van der Waals surface area (Å²) in [5.41, 5.74) is 0. The van der Waals surface area contributed by atoms with Gasteiger partial charge in [-0.25, -0.2) is 4.99 Å². The number of hydrogen-bond donors (Lipinski definition) is 2. The molecule has 24 heavy (non-hydrogen) atoms. The summed E-state index contributed by atoms with van der Waals surface area (Å²) in [7, 11) is 3.45. The van der Waals surface area contributed by atoms with Gasteiger partial charge in [0.05, 0.1) is 12.8 Å². The van der Waals surface area contributed by atoms with Crippen LogP contribution in [0, 0.1) is 0 Å². The van der Waals surface area contributed by atoms with Gasteiger partial charge in [-0.2, -0.15) is 0 Å². The Kier molecular flexibility index (Phi) is 9.46. The highest BCUT2D eigenvalue weighted by Crippen LogP contribution is 2.07. The van der Waals surface area contributed by atoms with Gasteiger partial charge in [-0.15, -0.1) is 35.3 Å². The molecule has 0 unspecified atom stereocenters. The molecule has 2 aromatic rings. The SMILES string of the molecule is CN(C)C(=O)CN=C(NCCc1ccco1)NCc1cccs1.I. The van der Waals surface area contributed by atoms with Crippen LogP contribution in [-0.4, -0.2) is 44.0 Å². The highest BCUT2D eigenvalue weighted by Gasteiger charge is 2.05. The molecule has 0 spiro atoms. The molecule has 0 aliphatic rings. The first kappa shape index (κ1) is 20.5. The van der Waals surface area contributed by atoms with Crippen LogP contribution in [0.3, 0.4) is 0 Å². The van der Waals surface area contributed by atoms with Gasteiger partial charge in [-0.05, 0) is 23.6 Å². The lowest BCUT2D eigenvalue weighted by molar-refractivity contribution is -0.127. The Morgan fingerprint density at radius 1 is 1.29 bits per heavy atom. The predicted octanol–water partition coefficient (Wildman–Crippen LogP) is 2.33. The number of nitrogens with one attached hydrogen (secondary N) is 2. The van der Waals surface area contributed by atoms with Gasteiger partial charge in [0.25, 0.3) is 0 Å². The molecule has 0 atom stereocenters. The normalized spacial score (nSPS) is 10.8. The second-order valence-corrected chi connectivity index (χ2v) is 6.17. The molecule has 2 heterocycles. The fourth-order valence-corrected chi connectivity index (χ4v) is 2.45. The molecule has 0 radical (unpaired) electrons. The smallest absolute Gasteiger partial charge is 0.243 e. The van der Waals surface area contributed by atoms with Crippen molar-refractivity contribution < 1.29 is 9.21 Å². The van der Waals surface area contributed by atoms with Crippen LogP contribution in [0.15, 0.2) is 45.3 Å². The van der Waals surface area contributed by atoms with E-state index in [4.69, 9.17) is 4.42 Å². The first-order chi connectivity index (χ1) is 11.1. The molecular weight excluding hydrogens is 439 g/mol. The first-order valence-electron chi connectivity index (χ1n) is 7.42. The monoisotopic (exact) mass is 462 g/mol. The maximum absolute atomic E-state index is 11.7. The van der Waals surface area contributed by atoms with Crippen molar-refractivity contribution >= 4 is 47.2 Å². The Morgan fingerprint density at radius 2 is 2.12 bits per heavy atom. The summed E-state index contributed by atoms with van der Waals surface area (Å²) in [6, 6.07) is 7.88. The molecule has 2 aromatic heterocycles. The van der Waals surface area contributed by atoms with Crippen LogP contribution in [0.5, 0.6) is 0 Å². The van der Waals surface area contributed by atoms with Crippen molar-refractivity contribution in [3.63, 3.8) is 0 Å². The molecule has 0 aromatic carbocycles. The van der Waals surface area contributed by atoms with Crippen LogP contribution >= 0.6 is 35.3 Å². The van der Waals surface area contributed by atoms with E-state index in [1.54, 1.807) is 31.7 Å². The van der Waals surface area contributed by atoms with Gasteiger partial charge >= 0.3 is 0 Å². The molecule has 2 rings (SSSR count). The van der Waals surface area contributed by atoms with E-state index >= 15 is 0 Å². The number of likely N-dealkylation sites (N-methyl/N-ethyl adjacent to an activating group) is 1. The van der Waals surface area contributed by atoms with Crippen LogP contribution in [0.2, 0.25) is 0 Å². The van der Waals surface area contributed by atoms with E-state index in [0.717, 1.165) is 12.2 Å². The van der Waals surface area contributed by atoms with E-state index in [0.29, 0.717) is 19.0 Å². The molecule has 8 heteroatoms. The molecule has 0 aliphatic carbocycles. The zero-order valence-corrected chi connectivity index (χ0v) is 17.0. The minimum atomic E-state index is -0.0340. The standard InChI is InChI=1S/C16H22N4O2S.HI/c1-20(2)15(21)12-19-16(18-11-14-6-4-10-23-14)17-8-7-13-5-3-9-22-13;/h3-6,9-10H,7-8,11-12H2,1-2H3,(H2,17,18,19);1H. The topological polar surface area (TPSA) is 69.9 Å². The van der Waals surface area contributed by atoms with Crippen LogP contribution in [-0.2, 0) is 17.8 Å². The number of rotatable bonds is 7. The number of halogens is 1. The number of carbonyl (C=O) groups is 1.